The van der Waals surface area contributed by atoms with Gasteiger partial charge in [-0.1, -0.05) is 30.7 Å². The fourth-order valence-corrected chi connectivity index (χ4v) is 5.28. The molecular weight excluding hydrogens is 529 g/mol. The van der Waals surface area contributed by atoms with Gasteiger partial charge in [-0.2, -0.15) is 0 Å². The standard InChI is InChI=1S/C28H29ClFN3O4S/c1-5-33-24-13-10-20(31-26(34)15-18-7-11-21(12-8-18)38(35,36)6-2)17-23(24)32-27(33)28(3,4)37-25-14-9-19(29)16-22(25)30/h7-14,16-17H,5-6,15H2,1-4H3,(H,31,34). The first-order valence-corrected chi connectivity index (χ1v) is 14.2. The lowest BCUT2D eigenvalue weighted by Crippen LogP contribution is -2.30. The lowest BCUT2D eigenvalue weighted by Gasteiger charge is -2.27. The van der Waals surface area contributed by atoms with E-state index in [1.54, 1.807) is 37.3 Å². The van der Waals surface area contributed by atoms with Crippen molar-refractivity contribution >= 4 is 44.1 Å². The number of nitrogens with one attached hydrogen (secondary N) is 1. The Kier molecular flexibility index (Phi) is 7.80. The zero-order chi connectivity index (χ0) is 27.7. The Hall–Kier alpha value is -3.43. The number of carbonyl (C=O) groups is 1. The van der Waals surface area contributed by atoms with Crippen molar-refractivity contribution in [3.05, 3.63) is 82.9 Å². The van der Waals surface area contributed by atoms with Crippen LogP contribution in [0.1, 0.15) is 39.1 Å². The number of anilines is 1. The summed E-state index contributed by atoms with van der Waals surface area (Å²) in [6.45, 7) is 7.81. The normalized spacial score (nSPS) is 12.1. The maximum Gasteiger partial charge on any atom is 0.228 e. The number of nitrogens with zero attached hydrogens (tertiary/aromatic N) is 2. The van der Waals surface area contributed by atoms with Crippen molar-refractivity contribution < 1.29 is 22.3 Å². The van der Waals surface area contributed by atoms with Gasteiger partial charge in [-0.15, -0.1) is 0 Å². The number of rotatable bonds is 9. The van der Waals surface area contributed by atoms with Crippen molar-refractivity contribution in [1.29, 1.82) is 0 Å². The van der Waals surface area contributed by atoms with E-state index >= 15 is 0 Å². The van der Waals surface area contributed by atoms with E-state index in [0.29, 0.717) is 29.1 Å². The lowest BCUT2D eigenvalue weighted by atomic mass is 10.1. The van der Waals surface area contributed by atoms with E-state index in [4.69, 9.17) is 21.3 Å². The molecule has 38 heavy (non-hydrogen) atoms. The number of carbonyl (C=O) groups excluding carboxylic acids is 1. The van der Waals surface area contributed by atoms with Crippen molar-refractivity contribution in [2.45, 2.75) is 51.2 Å². The topological polar surface area (TPSA) is 90.3 Å². The number of fused-ring (bicyclic) bond motifs is 1. The monoisotopic (exact) mass is 557 g/mol. The fourth-order valence-electron chi connectivity index (χ4n) is 4.24. The summed E-state index contributed by atoms with van der Waals surface area (Å²) >= 11 is 5.87. The van der Waals surface area contributed by atoms with Crippen LogP contribution in [-0.4, -0.2) is 29.6 Å². The van der Waals surface area contributed by atoms with Gasteiger partial charge in [-0.05, 0) is 74.9 Å². The third-order valence-electron chi connectivity index (χ3n) is 6.17. The number of hydrogen-bond donors (Lipinski definition) is 1. The zero-order valence-electron chi connectivity index (χ0n) is 21.6. The first-order chi connectivity index (χ1) is 17.9. The molecule has 0 aliphatic rings. The molecule has 3 aromatic carbocycles. The van der Waals surface area contributed by atoms with Gasteiger partial charge in [0.25, 0.3) is 0 Å². The average Bonchev–Trinajstić information content (AvgIpc) is 3.25. The highest BCUT2D eigenvalue weighted by molar-refractivity contribution is 7.91. The maximum atomic E-state index is 14.4. The van der Waals surface area contributed by atoms with Crippen molar-refractivity contribution in [2.75, 3.05) is 11.1 Å². The summed E-state index contributed by atoms with van der Waals surface area (Å²) in [5.74, 6) is -0.104. The minimum atomic E-state index is -3.29. The highest BCUT2D eigenvalue weighted by atomic mass is 35.5. The molecule has 0 radical (unpaired) electrons. The van der Waals surface area contributed by atoms with Gasteiger partial charge in [0, 0.05) is 17.3 Å². The Bertz CT molecular complexity index is 1600. The summed E-state index contributed by atoms with van der Waals surface area (Å²) in [5, 5.41) is 3.16. The number of hydrogen-bond acceptors (Lipinski definition) is 5. The zero-order valence-corrected chi connectivity index (χ0v) is 23.2. The van der Waals surface area contributed by atoms with E-state index in [2.05, 4.69) is 5.32 Å². The third-order valence-corrected chi connectivity index (χ3v) is 8.16. The second kappa shape index (κ2) is 10.7. The average molecular weight is 558 g/mol. The number of ether oxygens (including phenoxy) is 1. The molecule has 0 bridgehead atoms. The molecule has 4 aromatic rings. The summed E-state index contributed by atoms with van der Waals surface area (Å²) in [5.41, 5.74) is 1.81. The highest BCUT2D eigenvalue weighted by Crippen LogP contribution is 2.33. The van der Waals surface area contributed by atoms with Crippen LogP contribution in [0.5, 0.6) is 5.75 Å². The first kappa shape index (κ1) is 27.6. The molecule has 0 atom stereocenters. The minimum absolute atomic E-state index is 0.0200. The maximum absolute atomic E-state index is 14.4. The number of sulfone groups is 1. The fraction of sp³-hybridized carbons (Fsp3) is 0.286. The van der Waals surface area contributed by atoms with E-state index < -0.39 is 21.3 Å². The van der Waals surface area contributed by atoms with Gasteiger partial charge >= 0.3 is 0 Å². The molecule has 0 saturated heterocycles. The van der Waals surface area contributed by atoms with Gasteiger partial charge < -0.3 is 14.6 Å². The molecule has 200 valence electrons. The van der Waals surface area contributed by atoms with Crippen molar-refractivity contribution in [3.63, 3.8) is 0 Å². The summed E-state index contributed by atoms with van der Waals surface area (Å²) in [6.07, 6.45) is 0.0899. The molecule has 10 heteroatoms. The number of imidazole rings is 1. The molecule has 7 nitrogen and oxygen atoms in total. The molecule has 1 amide bonds. The molecule has 1 N–H and O–H groups in total. The van der Waals surface area contributed by atoms with Crippen LogP contribution in [0.4, 0.5) is 10.1 Å². The van der Waals surface area contributed by atoms with Crippen LogP contribution >= 0.6 is 11.6 Å². The van der Waals surface area contributed by atoms with E-state index in [1.807, 2.05) is 31.4 Å². The SMILES string of the molecule is CCn1c(C(C)(C)Oc2ccc(Cl)cc2F)nc2cc(NC(=O)Cc3ccc(S(=O)(=O)CC)cc3)ccc21. The molecule has 0 aliphatic carbocycles. The Morgan fingerprint density at radius 3 is 2.42 bits per heavy atom. The second-order valence-electron chi connectivity index (χ2n) is 9.34. The number of aryl methyl sites for hydroxylation is 1. The van der Waals surface area contributed by atoms with E-state index in [9.17, 15) is 17.6 Å². The molecule has 0 aliphatic heterocycles. The first-order valence-electron chi connectivity index (χ1n) is 12.2. The van der Waals surface area contributed by atoms with Gasteiger partial charge in [-0.25, -0.2) is 17.8 Å². The van der Waals surface area contributed by atoms with E-state index in [1.165, 1.54) is 24.3 Å². The molecule has 0 fully saturated rings. The van der Waals surface area contributed by atoms with Crippen LogP contribution < -0.4 is 10.1 Å². The van der Waals surface area contributed by atoms with Gasteiger partial charge in [-0.3, -0.25) is 4.79 Å². The van der Waals surface area contributed by atoms with Gasteiger partial charge in [0.1, 0.15) is 0 Å². The lowest BCUT2D eigenvalue weighted by molar-refractivity contribution is -0.115. The van der Waals surface area contributed by atoms with Gasteiger partial charge in [0.05, 0.1) is 28.1 Å². The molecule has 1 heterocycles. The molecule has 0 unspecified atom stereocenters. The Labute approximate surface area is 226 Å². The Balaban J connectivity index is 1.54. The van der Waals surface area contributed by atoms with Crippen LogP contribution in [0.15, 0.2) is 65.6 Å². The van der Waals surface area contributed by atoms with Crippen molar-refractivity contribution in [2.24, 2.45) is 0 Å². The largest absolute Gasteiger partial charge is 0.477 e. The second-order valence-corrected chi connectivity index (χ2v) is 12.1. The van der Waals surface area contributed by atoms with Crippen LogP contribution in [0.2, 0.25) is 5.02 Å². The molecular formula is C28H29ClFN3O4S. The van der Waals surface area contributed by atoms with Crippen molar-refractivity contribution in [1.82, 2.24) is 9.55 Å². The minimum Gasteiger partial charge on any atom is -0.477 e. The van der Waals surface area contributed by atoms with E-state index in [-0.39, 0.29) is 33.7 Å². The molecule has 4 rings (SSSR count). The summed E-state index contributed by atoms with van der Waals surface area (Å²) in [7, 11) is -3.29. The Morgan fingerprint density at radius 1 is 1.08 bits per heavy atom. The molecule has 0 saturated carbocycles. The number of halogens is 2. The molecule has 1 aromatic heterocycles. The number of benzene rings is 3. The van der Waals surface area contributed by atoms with Crippen LogP contribution in [-0.2, 0) is 33.2 Å². The molecule has 0 spiro atoms. The van der Waals surface area contributed by atoms with Crippen LogP contribution in [0, 0.1) is 5.82 Å². The summed E-state index contributed by atoms with van der Waals surface area (Å²) < 4.78 is 46.4. The smallest absolute Gasteiger partial charge is 0.228 e. The quantitative estimate of drug-likeness (QED) is 0.267. The predicted octanol–water partition coefficient (Wildman–Crippen LogP) is 6.14. The van der Waals surface area contributed by atoms with Crippen LogP contribution in [0.3, 0.4) is 0 Å². The summed E-state index contributed by atoms with van der Waals surface area (Å²) in [4.78, 5) is 17.7. The number of amides is 1. The van der Waals surface area contributed by atoms with Crippen LogP contribution in [0.25, 0.3) is 11.0 Å². The third kappa shape index (κ3) is 5.84. The van der Waals surface area contributed by atoms with Gasteiger partial charge in [0.15, 0.2) is 32.8 Å². The van der Waals surface area contributed by atoms with Gasteiger partial charge in [0.2, 0.25) is 5.91 Å². The number of aromatic nitrogens is 2. The van der Waals surface area contributed by atoms with Crippen molar-refractivity contribution in [3.8, 4) is 5.75 Å². The predicted molar refractivity (Wildman–Crippen MR) is 147 cm³/mol. The van der Waals surface area contributed by atoms with E-state index in [0.717, 1.165) is 5.52 Å². The Morgan fingerprint density at radius 2 is 1.79 bits per heavy atom. The summed E-state index contributed by atoms with van der Waals surface area (Å²) in [6, 6.07) is 16.0. The highest BCUT2D eigenvalue weighted by Gasteiger charge is 2.30.